The summed E-state index contributed by atoms with van der Waals surface area (Å²) < 4.78 is 38.7. The Balaban J connectivity index is 2.43. The molecule has 0 bridgehead atoms. The SMILES string of the molecule is CN(C)c1ccc(S(=O)(=O)N(C)C)cc1NC(=O)c1ccc(F)cc1. The van der Waals surface area contributed by atoms with Gasteiger partial charge in [-0.15, -0.1) is 0 Å². The molecular weight excluding hydrogens is 345 g/mol. The summed E-state index contributed by atoms with van der Waals surface area (Å²) in [4.78, 5) is 14.2. The van der Waals surface area contributed by atoms with Gasteiger partial charge < -0.3 is 10.2 Å². The average molecular weight is 365 g/mol. The quantitative estimate of drug-likeness (QED) is 0.883. The van der Waals surface area contributed by atoms with E-state index in [-0.39, 0.29) is 10.5 Å². The molecule has 0 fully saturated rings. The van der Waals surface area contributed by atoms with Crippen molar-refractivity contribution in [2.24, 2.45) is 0 Å². The molecule has 0 aromatic heterocycles. The number of nitrogens with zero attached hydrogens (tertiary/aromatic N) is 2. The van der Waals surface area contributed by atoms with Crippen molar-refractivity contribution in [3.63, 3.8) is 0 Å². The Hall–Kier alpha value is -2.45. The number of halogens is 1. The van der Waals surface area contributed by atoms with E-state index >= 15 is 0 Å². The van der Waals surface area contributed by atoms with Gasteiger partial charge in [0.25, 0.3) is 5.91 Å². The maximum atomic E-state index is 13.0. The summed E-state index contributed by atoms with van der Waals surface area (Å²) in [5.41, 5.74) is 1.27. The number of carbonyl (C=O) groups excluding carboxylic acids is 1. The van der Waals surface area contributed by atoms with Crippen LogP contribution >= 0.6 is 0 Å². The molecule has 134 valence electrons. The van der Waals surface area contributed by atoms with Crippen LogP contribution in [0.5, 0.6) is 0 Å². The normalized spacial score (nSPS) is 11.4. The molecule has 6 nitrogen and oxygen atoms in total. The fraction of sp³-hybridized carbons (Fsp3) is 0.235. The zero-order valence-corrected chi connectivity index (χ0v) is 15.3. The summed E-state index contributed by atoms with van der Waals surface area (Å²) in [5.74, 6) is -0.896. The van der Waals surface area contributed by atoms with E-state index in [0.29, 0.717) is 11.4 Å². The van der Waals surface area contributed by atoms with Crippen molar-refractivity contribution < 1.29 is 17.6 Å². The Morgan fingerprint density at radius 2 is 1.60 bits per heavy atom. The van der Waals surface area contributed by atoms with Crippen LogP contribution in [-0.4, -0.2) is 46.8 Å². The lowest BCUT2D eigenvalue weighted by molar-refractivity contribution is 0.102. The van der Waals surface area contributed by atoms with E-state index in [4.69, 9.17) is 0 Å². The van der Waals surface area contributed by atoms with Gasteiger partial charge in [-0.25, -0.2) is 17.1 Å². The predicted molar refractivity (Wildman–Crippen MR) is 96.0 cm³/mol. The van der Waals surface area contributed by atoms with E-state index in [1.807, 2.05) is 0 Å². The van der Waals surface area contributed by atoms with Gasteiger partial charge in [0.05, 0.1) is 16.3 Å². The van der Waals surface area contributed by atoms with E-state index < -0.39 is 21.7 Å². The molecule has 2 aromatic carbocycles. The summed E-state index contributed by atoms with van der Waals surface area (Å²) >= 11 is 0. The van der Waals surface area contributed by atoms with Crippen LogP contribution in [0.2, 0.25) is 0 Å². The van der Waals surface area contributed by atoms with Crippen LogP contribution in [0.1, 0.15) is 10.4 Å². The maximum Gasteiger partial charge on any atom is 0.255 e. The van der Waals surface area contributed by atoms with Crippen molar-refractivity contribution in [2.75, 3.05) is 38.4 Å². The molecule has 0 radical (unpaired) electrons. The Morgan fingerprint density at radius 1 is 1.00 bits per heavy atom. The number of amides is 1. The van der Waals surface area contributed by atoms with Crippen LogP contribution in [0.4, 0.5) is 15.8 Å². The molecule has 0 aliphatic carbocycles. The van der Waals surface area contributed by atoms with Gasteiger partial charge in [-0.2, -0.15) is 0 Å². The molecular formula is C17H20FN3O3S. The number of nitrogens with one attached hydrogen (secondary N) is 1. The van der Waals surface area contributed by atoms with Crippen molar-refractivity contribution in [2.45, 2.75) is 4.90 Å². The first-order chi connectivity index (χ1) is 11.6. The minimum Gasteiger partial charge on any atom is -0.376 e. The predicted octanol–water partition coefficient (Wildman–Crippen LogP) is 2.39. The highest BCUT2D eigenvalue weighted by Gasteiger charge is 2.20. The third-order valence-electron chi connectivity index (χ3n) is 3.58. The minimum atomic E-state index is -3.63. The van der Waals surface area contributed by atoms with Crippen LogP contribution in [0.25, 0.3) is 0 Å². The van der Waals surface area contributed by atoms with Crippen LogP contribution in [0.3, 0.4) is 0 Å². The average Bonchev–Trinajstić information content (AvgIpc) is 2.54. The highest BCUT2D eigenvalue weighted by Crippen LogP contribution is 2.29. The van der Waals surface area contributed by atoms with Crippen molar-refractivity contribution >= 4 is 27.3 Å². The highest BCUT2D eigenvalue weighted by molar-refractivity contribution is 7.89. The zero-order chi connectivity index (χ0) is 18.8. The molecule has 0 unspecified atom stereocenters. The first kappa shape index (κ1) is 18.9. The van der Waals surface area contributed by atoms with E-state index in [1.54, 1.807) is 25.1 Å². The van der Waals surface area contributed by atoms with Crippen molar-refractivity contribution in [1.29, 1.82) is 0 Å². The number of rotatable bonds is 5. The number of sulfonamides is 1. The number of hydrogen-bond donors (Lipinski definition) is 1. The topological polar surface area (TPSA) is 69.7 Å². The Morgan fingerprint density at radius 3 is 2.12 bits per heavy atom. The molecule has 0 saturated carbocycles. The van der Waals surface area contributed by atoms with E-state index in [0.717, 1.165) is 4.31 Å². The van der Waals surface area contributed by atoms with Crippen molar-refractivity contribution in [3.8, 4) is 0 Å². The van der Waals surface area contributed by atoms with Crippen molar-refractivity contribution in [3.05, 3.63) is 53.8 Å². The smallest absolute Gasteiger partial charge is 0.255 e. The van der Waals surface area contributed by atoms with Crippen LogP contribution in [-0.2, 0) is 10.0 Å². The first-order valence-electron chi connectivity index (χ1n) is 7.44. The van der Waals surface area contributed by atoms with E-state index in [9.17, 15) is 17.6 Å². The summed E-state index contributed by atoms with van der Waals surface area (Å²) in [6, 6.07) is 9.62. The summed E-state index contributed by atoms with van der Waals surface area (Å²) in [5, 5.41) is 2.69. The molecule has 2 rings (SSSR count). The monoisotopic (exact) mass is 365 g/mol. The van der Waals surface area contributed by atoms with Crippen LogP contribution < -0.4 is 10.2 Å². The second-order valence-electron chi connectivity index (χ2n) is 5.82. The lowest BCUT2D eigenvalue weighted by Crippen LogP contribution is -2.23. The molecule has 25 heavy (non-hydrogen) atoms. The van der Waals surface area contributed by atoms with Crippen LogP contribution in [0, 0.1) is 5.82 Å². The fourth-order valence-corrected chi connectivity index (χ4v) is 3.10. The van der Waals surface area contributed by atoms with Gasteiger partial charge in [-0.3, -0.25) is 4.79 Å². The minimum absolute atomic E-state index is 0.0671. The number of benzene rings is 2. The Bertz CT molecular complexity index is 879. The number of carbonyl (C=O) groups is 1. The van der Waals surface area contributed by atoms with Gasteiger partial charge in [0, 0.05) is 33.8 Å². The second kappa shape index (κ2) is 7.20. The Labute approximate surface area is 146 Å². The molecule has 8 heteroatoms. The molecule has 1 amide bonds. The third-order valence-corrected chi connectivity index (χ3v) is 5.39. The standard InChI is InChI=1S/C17H20FN3O3S/c1-20(2)16-10-9-14(25(23,24)21(3)4)11-15(16)19-17(22)12-5-7-13(18)8-6-12/h5-11H,1-4H3,(H,19,22). The molecule has 0 atom stereocenters. The maximum absolute atomic E-state index is 13.0. The van der Waals surface area contributed by atoms with Crippen molar-refractivity contribution in [1.82, 2.24) is 4.31 Å². The first-order valence-corrected chi connectivity index (χ1v) is 8.88. The van der Waals surface area contributed by atoms with Gasteiger partial charge in [0.1, 0.15) is 5.82 Å². The lowest BCUT2D eigenvalue weighted by atomic mass is 10.2. The molecule has 2 aromatic rings. The van der Waals surface area contributed by atoms with E-state index in [2.05, 4.69) is 5.32 Å². The molecule has 1 N–H and O–H groups in total. The van der Waals surface area contributed by atoms with Gasteiger partial charge in [0.2, 0.25) is 10.0 Å². The molecule has 0 aliphatic rings. The number of anilines is 2. The summed E-state index contributed by atoms with van der Waals surface area (Å²) in [6.45, 7) is 0. The van der Waals surface area contributed by atoms with Gasteiger partial charge in [-0.05, 0) is 42.5 Å². The molecule has 0 spiro atoms. The molecule has 0 heterocycles. The lowest BCUT2D eigenvalue weighted by Gasteiger charge is -2.20. The fourth-order valence-electron chi connectivity index (χ4n) is 2.17. The third kappa shape index (κ3) is 4.15. The largest absolute Gasteiger partial charge is 0.376 e. The second-order valence-corrected chi connectivity index (χ2v) is 7.97. The zero-order valence-electron chi connectivity index (χ0n) is 14.4. The summed E-state index contributed by atoms with van der Waals surface area (Å²) in [6.07, 6.45) is 0. The number of hydrogen-bond acceptors (Lipinski definition) is 4. The summed E-state index contributed by atoms with van der Waals surface area (Å²) in [7, 11) is 2.80. The molecule has 0 saturated heterocycles. The highest BCUT2D eigenvalue weighted by atomic mass is 32.2. The Kier molecular flexibility index (Phi) is 5.44. The van der Waals surface area contributed by atoms with E-state index in [1.165, 1.54) is 50.5 Å². The van der Waals surface area contributed by atoms with Crippen LogP contribution in [0.15, 0.2) is 47.4 Å². The molecule has 0 aliphatic heterocycles. The van der Waals surface area contributed by atoms with Gasteiger partial charge in [0.15, 0.2) is 0 Å². The van der Waals surface area contributed by atoms with Gasteiger partial charge in [-0.1, -0.05) is 0 Å². The van der Waals surface area contributed by atoms with Gasteiger partial charge >= 0.3 is 0 Å².